The molecule has 2 aromatic heterocycles. The van der Waals surface area contributed by atoms with Crippen LogP contribution >= 0.6 is 11.3 Å². The molecule has 6 rings (SSSR count). The first-order valence-corrected chi connectivity index (χ1v) is 15.9. The van der Waals surface area contributed by atoms with Crippen molar-refractivity contribution in [1.29, 1.82) is 0 Å². The summed E-state index contributed by atoms with van der Waals surface area (Å²) >= 11 is 1.28. The Morgan fingerprint density at radius 3 is 2.77 bits per heavy atom. The van der Waals surface area contributed by atoms with Crippen LogP contribution in [0.2, 0.25) is 0 Å². The zero-order chi connectivity index (χ0) is 31.0. The number of nitrogens with one attached hydrogen (secondary N) is 3. The van der Waals surface area contributed by atoms with E-state index in [2.05, 4.69) is 41.4 Å². The summed E-state index contributed by atoms with van der Waals surface area (Å²) in [7, 11) is -4.07. The molecule has 2 unspecified atom stereocenters. The number of nitrogens with zero attached hydrogens (tertiary/aromatic N) is 7. The summed E-state index contributed by atoms with van der Waals surface area (Å²) in [4.78, 5) is 34.2. The van der Waals surface area contributed by atoms with Crippen LogP contribution in [0.3, 0.4) is 0 Å². The van der Waals surface area contributed by atoms with Crippen molar-refractivity contribution < 1.29 is 23.2 Å². The van der Waals surface area contributed by atoms with Crippen LogP contribution in [0.1, 0.15) is 38.7 Å². The number of carbonyl (C=O) groups excluding carboxylic acids is 2. The molecule has 18 heteroatoms. The molecule has 0 aliphatic carbocycles. The van der Waals surface area contributed by atoms with E-state index in [1.807, 2.05) is 6.92 Å². The quantitative estimate of drug-likeness (QED) is 0.0768. The third-order valence-electron chi connectivity index (χ3n) is 7.64. The van der Waals surface area contributed by atoms with Crippen molar-refractivity contribution in [2.45, 2.75) is 43.4 Å². The lowest BCUT2D eigenvalue weighted by Crippen LogP contribution is -2.61. The number of nitrogens with two attached hydrogens (primary N) is 1. The molecule has 16 nitrogen and oxygen atoms in total. The SMILES string of the molecule is CC1Cc2nc(C(=O)N3CCN(S(=O)(=O)c4ccc5cc(C(N)=NO)ccc5c4)CC3C(=O)NCc3nn[nH]n3)sc2CN1. The van der Waals surface area contributed by atoms with Crippen LogP contribution in [0.15, 0.2) is 46.4 Å². The van der Waals surface area contributed by atoms with Gasteiger partial charge in [0.05, 0.1) is 17.1 Å². The zero-order valence-electron chi connectivity index (χ0n) is 23.5. The number of tetrazole rings is 1. The number of sulfonamides is 1. The second-order valence-electron chi connectivity index (χ2n) is 10.5. The maximum absolute atomic E-state index is 13.8. The molecule has 0 radical (unpaired) electrons. The van der Waals surface area contributed by atoms with Gasteiger partial charge in [-0.2, -0.15) is 9.52 Å². The Labute approximate surface area is 255 Å². The van der Waals surface area contributed by atoms with E-state index in [0.717, 1.165) is 10.6 Å². The van der Waals surface area contributed by atoms with Gasteiger partial charge in [-0.05, 0) is 35.9 Å². The van der Waals surface area contributed by atoms with E-state index in [4.69, 9.17) is 10.9 Å². The molecule has 0 saturated carbocycles. The number of aromatic nitrogens is 5. The molecule has 2 aliphatic heterocycles. The second kappa shape index (κ2) is 11.9. The van der Waals surface area contributed by atoms with Gasteiger partial charge in [0.15, 0.2) is 16.7 Å². The molecule has 2 aromatic carbocycles. The van der Waals surface area contributed by atoms with Gasteiger partial charge in [0.1, 0.15) is 6.04 Å². The number of hydrogen-bond acceptors (Lipinski definition) is 12. The molecule has 1 fully saturated rings. The van der Waals surface area contributed by atoms with Crippen molar-refractivity contribution in [3.05, 3.63) is 63.4 Å². The second-order valence-corrected chi connectivity index (χ2v) is 13.5. The number of piperazine rings is 1. The summed E-state index contributed by atoms with van der Waals surface area (Å²) in [6.07, 6.45) is 0.690. The molecule has 2 aliphatic rings. The van der Waals surface area contributed by atoms with Crippen molar-refractivity contribution in [3.8, 4) is 0 Å². The number of oxime groups is 1. The van der Waals surface area contributed by atoms with E-state index < -0.39 is 27.9 Å². The standard InChI is InChI=1S/C26H29N11O5S2/c1-14-8-19-21(11-28-14)43-25(30-19)26(39)37-7-6-36(13-20(37)24(38)29-12-22-31-34-35-32-22)44(41,42)18-5-4-15-9-17(23(27)33-40)3-2-16(15)10-18/h2-5,9-10,14,20,28,40H,6-8,11-13H2,1H3,(H2,27,33)(H,29,38)(H,31,32,34,35). The first-order valence-electron chi connectivity index (χ1n) is 13.7. The molecule has 6 N–H and O–H groups in total. The van der Waals surface area contributed by atoms with Crippen molar-refractivity contribution in [3.63, 3.8) is 0 Å². The first kappa shape index (κ1) is 29.5. The summed E-state index contributed by atoms with van der Waals surface area (Å²) in [5.41, 5.74) is 7.03. The fourth-order valence-corrected chi connectivity index (χ4v) is 7.73. The van der Waals surface area contributed by atoms with Crippen LogP contribution in [0.4, 0.5) is 0 Å². The zero-order valence-corrected chi connectivity index (χ0v) is 25.1. The maximum Gasteiger partial charge on any atom is 0.283 e. The Balaban J connectivity index is 1.27. The van der Waals surface area contributed by atoms with E-state index in [9.17, 15) is 18.0 Å². The molecule has 4 heterocycles. The van der Waals surface area contributed by atoms with Gasteiger partial charge >= 0.3 is 0 Å². The number of amidine groups is 1. The Morgan fingerprint density at radius 2 is 2.00 bits per heavy atom. The number of rotatable bonds is 7. The minimum Gasteiger partial charge on any atom is -0.409 e. The van der Waals surface area contributed by atoms with Gasteiger partial charge in [-0.25, -0.2) is 13.4 Å². The monoisotopic (exact) mass is 639 g/mol. The normalized spacial score (nSPS) is 19.6. The molecule has 0 bridgehead atoms. The number of fused-ring (bicyclic) bond motifs is 2. The highest BCUT2D eigenvalue weighted by atomic mass is 32.2. The van der Waals surface area contributed by atoms with Gasteiger partial charge in [-0.15, -0.1) is 21.5 Å². The number of amides is 2. The van der Waals surface area contributed by atoms with Crippen molar-refractivity contribution in [1.82, 2.24) is 45.4 Å². The van der Waals surface area contributed by atoms with Crippen LogP contribution in [0.5, 0.6) is 0 Å². The van der Waals surface area contributed by atoms with Crippen LogP contribution in [-0.4, -0.2) is 97.8 Å². The first-order chi connectivity index (χ1) is 21.1. The topological polar surface area (TPSA) is 225 Å². The van der Waals surface area contributed by atoms with Crippen LogP contribution in [-0.2, 0) is 34.3 Å². The minimum atomic E-state index is -4.07. The third kappa shape index (κ3) is 5.71. The van der Waals surface area contributed by atoms with Crippen molar-refractivity contribution in [2.75, 3.05) is 19.6 Å². The van der Waals surface area contributed by atoms with Gasteiger partial charge in [0.25, 0.3) is 5.91 Å². The van der Waals surface area contributed by atoms with E-state index in [0.29, 0.717) is 29.3 Å². The lowest BCUT2D eigenvalue weighted by Gasteiger charge is -2.39. The Bertz CT molecular complexity index is 1860. The number of aromatic amines is 1. The molecule has 2 atom stereocenters. The van der Waals surface area contributed by atoms with Gasteiger partial charge in [0.2, 0.25) is 15.9 Å². The largest absolute Gasteiger partial charge is 0.409 e. The Hall–Kier alpha value is -4.52. The van der Waals surface area contributed by atoms with Gasteiger partial charge in [-0.1, -0.05) is 28.6 Å². The molecule has 2 amide bonds. The fourth-order valence-electron chi connectivity index (χ4n) is 5.26. The highest BCUT2D eigenvalue weighted by Gasteiger charge is 2.41. The average Bonchev–Trinajstić information content (AvgIpc) is 3.72. The van der Waals surface area contributed by atoms with E-state index in [1.54, 1.807) is 24.3 Å². The lowest BCUT2D eigenvalue weighted by molar-refractivity contribution is -0.127. The number of hydrogen-bond donors (Lipinski definition) is 5. The number of thiazole rings is 1. The van der Waals surface area contributed by atoms with Gasteiger partial charge in [-0.3, -0.25) is 9.59 Å². The molecule has 0 spiro atoms. The van der Waals surface area contributed by atoms with Gasteiger partial charge < -0.3 is 26.5 Å². The Morgan fingerprint density at radius 1 is 1.20 bits per heavy atom. The summed E-state index contributed by atoms with van der Waals surface area (Å²) < 4.78 is 28.9. The molecule has 44 heavy (non-hydrogen) atoms. The maximum atomic E-state index is 13.8. The summed E-state index contributed by atoms with van der Waals surface area (Å²) in [5, 5.41) is 33.0. The molecular formula is C26H29N11O5S2. The van der Waals surface area contributed by atoms with E-state index in [-0.39, 0.29) is 53.8 Å². The van der Waals surface area contributed by atoms with Crippen molar-refractivity contribution >= 4 is 49.8 Å². The Kier molecular flexibility index (Phi) is 7.97. The smallest absolute Gasteiger partial charge is 0.283 e. The van der Waals surface area contributed by atoms with Crippen LogP contribution in [0, 0.1) is 0 Å². The summed E-state index contributed by atoms with van der Waals surface area (Å²) in [5.74, 6) is -0.823. The number of H-pyrrole nitrogens is 1. The van der Waals surface area contributed by atoms with E-state index >= 15 is 0 Å². The summed E-state index contributed by atoms with van der Waals surface area (Å²) in [6, 6.07) is 8.69. The van der Waals surface area contributed by atoms with Crippen LogP contribution in [0.25, 0.3) is 10.8 Å². The van der Waals surface area contributed by atoms with E-state index in [1.165, 1.54) is 32.7 Å². The average molecular weight is 640 g/mol. The highest BCUT2D eigenvalue weighted by Crippen LogP contribution is 2.28. The minimum absolute atomic E-state index is 0.0199. The molecule has 1 saturated heterocycles. The van der Waals surface area contributed by atoms with Gasteiger partial charge in [0, 0.05) is 49.1 Å². The van der Waals surface area contributed by atoms with Crippen LogP contribution < -0.4 is 16.4 Å². The summed E-state index contributed by atoms with van der Waals surface area (Å²) in [6.45, 7) is 2.28. The predicted octanol–water partition coefficient (Wildman–Crippen LogP) is -0.230. The van der Waals surface area contributed by atoms with Crippen molar-refractivity contribution in [2.24, 2.45) is 10.9 Å². The predicted molar refractivity (Wildman–Crippen MR) is 158 cm³/mol. The molecule has 230 valence electrons. The number of carbonyl (C=O) groups is 2. The molecular weight excluding hydrogens is 610 g/mol. The lowest BCUT2D eigenvalue weighted by atomic mass is 10.1. The number of benzene rings is 2. The molecule has 4 aromatic rings. The fraction of sp³-hybridized carbons (Fsp3) is 0.346. The third-order valence-corrected chi connectivity index (χ3v) is 10.6. The highest BCUT2D eigenvalue weighted by molar-refractivity contribution is 7.89.